The summed E-state index contributed by atoms with van der Waals surface area (Å²) >= 11 is 0. The molecular weight excluding hydrogens is 540 g/mol. The lowest BCUT2D eigenvalue weighted by atomic mass is 9.99. The quantitative estimate of drug-likeness (QED) is 0.220. The van der Waals surface area contributed by atoms with Crippen molar-refractivity contribution in [3.05, 3.63) is 89.3 Å². The van der Waals surface area contributed by atoms with E-state index in [1.165, 1.54) is 48.4 Å². The van der Waals surface area contributed by atoms with Gasteiger partial charge in [-0.1, -0.05) is 12.1 Å². The summed E-state index contributed by atoms with van der Waals surface area (Å²) in [5.41, 5.74) is 4.51. The molecule has 0 aliphatic carbocycles. The Morgan fingerprint density at radius 1 is 1.12 bits per heavy atom. The first-order valence-corrected chi connectivity index (χ1v) is 12.8. The second-order valence-corrected chi connectivity index (χ2v) is 10.2. The van der Waals surface area contributed by atoms with Crippen LogP contribution in [0.5, 0.6) is 0 Å². The van der Waals surface area contributed by atoms with Gasteiger partial charge in [0.05, 0.1) is 18.7 Å². The minimum atomic E-state index is -4.70. The van der Waals surface area contributed by atoms with Crippen LogP contribution >= 0.6 is 0 Å². The van der Waals surface area contributed by atoms with Crippen LogP contribution in [0.2, 0.25) is 0 Å². The predicted molar refractivity (Wildman–Crippen MR) is 146 cm³/mol. The number of nitrogens with two attached hydrogens (primary N) is 1. The van der Waals surface area contributed by atoms with Crippen LogP contribution in [-0.2, 0) is 17.5 Å². The van der Waals surface area contributed by atoms with Gasteiger partial charge in [0.25, 0.3) is 5.91 Å². The zero-order chi connectivity index (χ0) is 29.4. The van der Waals surface area contributed by atoms with Gasteiger partial charge in [-0.3, -0.25) is 9.59 Å². The van der Waals surface area contributed by atoms with Crippen molar-refractivity contribution in [3.8, 4) is 11.1 Å². The Morgan fingerprint density at radius 3 is 2.51 bits per heavy atom. The van der Waals surface area contributed by atoms with Gasteiger partial charge >= 0.3 is 6.18 Å². The average molecular weight is 567 g/mol. The molecule has 1 aliphatic rings. The topological polar surface area (TPSA) is 101 Å². The van der Waals surface area contributed by atoms with Crippen molar-refractivity contribution in [2.24, 2.45) is 0 Å². The van der Waals surface area contributed by atoms with E-state index in [0.717, 1.165) is 6.07 Å². The molecule has 1 atom stereocenters. The molecule has 0 saturated carbocycles. The fraction of sp³-hybridized carbons (Fsp3) is 0.233. The van der Waals surface area contributed by atoms with Gasteiger partial charge in [-0.15, -0.1) is 0 Å². The van der Waals surface area contributed by atoms with Gasteiger partial charge in [0.2, 0.25) is 5.91 Å². The monoisotopic (exact) mass is 566 g/mol. The Bertz CT molecular complexity index is 1620. The smallest absolute Gasteiger partial charge is 0.420 e. The summed E-state index contributed by atoms with van der Waals surface area (Å²) < 4.78 is 61.7. The molecule has 1 aliphatic heterocycles. The number of fused-ring (bicyclic) bond motifs is 1. The van der Waals surface area contributed by atoms with Crippen molar-refractivity contribution in [1.29, 1.82) is 0 Å². The summed E-state index contributed by atoms with van der Waals surface area (Å²) in [6.45, 7) is 1.62. The van der Waals surface area contributed by atoms with E-state index in [9.17, 15) is 27.2 Å². The summed E-state index contributed by atoms with van der Waals surface area (Å²) in [5, 5.41) is 2.80. The first-order chi connectivity index (χ1) is 19.4. The minimum Gasteiger partial charge on any atom is -0.459 e. The van der Waals surface area contributed by atoms with Crippen LogP contribution in [0.1, 0.15) is 40.6 Å². The summed E-state index contributed by atoms with van der Waals surface area (Å²) in [6, 6.07) is 13.4. The van der Waals surface area contributed by atoms with Crippen LogP contribution in [0, 0.1) is 0 Å². The second-order valence-electron chi connectivity index (χ2n) is 10.2. The molecule has 1 saturated heterocycles. The molecule has 11 heteroatoms. The van der Waals surface area contributed by atoms with Gasteiger partial charge in [0.1, 0.15) is 22.8 Å². The molecule has 2 aromatic heterocycles. The Hall–Kier alpha value is -4.67. The van der Waals surface area contributed by atoms with Gasteiger partial charge in [-0.25, -0.2) is 9.37 Å². The van der Waals surface area contributed by atoms with E-state index in [1.807, 2.05) is 0 Å². The number of carbonyl (C=O) groups is 2. The maximum atomic E-state index is 14.2. The van der Waals surface area contributed by atoms with Crippen molar-refractivity contribution in [3.63, 3.8) is 0 Å². The number of hydrogen-bond acceptors (Lipinski definition) is 5. The molecule has 7 nitrogen and oxygen atoms in total. The summed E-state index contributed by atoms with van der Waals surface area (Å²) in [6.07, 6.45) is -0.160. The molecular formula is C30H26F4N4O3. The molecule has 4 aromatic rings. The van der Waals surface area contributed by atoms with Crippen LogP contribution in [0.3, 0.4) is 0 Å². The van der Waals surface area contributed by atoms with E-state index in [-0.39, 0.29) is 47.7 Å². The molecule has 2 amide bonds. The predicted octanol–water partition coefficient (Wildman–Crippen LogP) is 6.00. The van der Waals surface area contributed by atoms with Gasteiger partial charge in [0.15, 0.2) is 0 Å². The number of anilines is 1. The van der Waals surface area contributed by atoms with Crippen LogP contribution in [0.25, 0.3) is 28.2 Å². The van der Waals surface area contributed by atoms with E-state index in [0.29, 0.717) is 29.1 Å². The minimum absolute atomic E-state index is 0.00117. The van der Waals surface area contributed by atoms with Crippen LogP contribution in [-0.4, -0.2) is 40.5 Å². The maximum absolute atomic E-state index is 14.2. The van der Waals surface area contributed by atoms with E-state index in [1.54, 1.807) is 30.3 Å². The Kier molecular flexibility index (Phi) is 7.29. The van der Waals surface area contributed by atoms with Crippen molar-refractivity contribution in [1.82, 2.24) is 15.2 Å². The van der Waals surface area contributed by atoms with Crippen LogP contribution in [0.4, 0.5) is 23.4 Å². The number of carbonyl (C=O) groups excluding carboxylic acids is 2. The number of benzene rings is 2. The third kappa shape index (κ3) is 6.40. The van der Waals surface area contributed by atoms with Gasteiger partial charge in [0, 0.05) is 36.2 Å². The summed E-state index contributed by atoms with van der Waals surface area (Å²) in [5.74, 6) is -0.316. The largest absolute Gasteiger partial charge is 0.459 e. The molecule has 3 N–H and O–H groups in total. The number of nitrogens with zero attached hydrogens (tertiary/aromatic N) is 2. The number of aromatic nitrogens is 1. The van der Waals surface area contributed by atoms with Gasteiger partial charge in [-0.2, -0.15) is 13.2 Å². The van der Waals surface area contributed by atoms with Crippen LogP contribution in [0.15, 0.2) is 71.3 Å². The standard InChI is InChI=1S/C30H26F4N4O3/c1-29(31)10-11-38(17-29)28(40)20-6-4-19(5-7-20)21-12-22-13-23(41-27(22)24(14-21)30(32,33)34)16-37-26(39)9-3-18-2-8-25(35)36-15-18/h2-9,12-15H,10-11,16-17H2,1H3,(H2,35,36)(H,37,39)/b9-3+. The molecule has 0 radical (unpaired) electrons. The number of halogens is 4. The lowest BCUT2D eigenvalue weighted by Gasteiger charge is -2.18. The molecule has 3 heterocycles. The third-order valence-electron chi connectivity index (χ3n) is 6.82. The maximum Gasteiger partial charge on any atom is 0.420 e. The molecule has 1 fully saturated rings. The zero-order valence-electron chi connectivity index (χ0n) is 22.0. The molecule has 5 rings (SSSR count). The molecule has 1 unspecified atom stereocenters. The first-order valence-electron chi connectivity index (χ1n) is 12.8. The first kappa shape index (κ1) is 27.9. The number of amides is 2. The van der Waals surface area contributed by atoms with Gasteiger partial charge in [-0.05, 0) is 72.2 Å². The Balaban J connectivity index is 1.34. The highest BCUT2D eigenvalue weighted by Gasteiger charge is 2.37. The van der Waals surface area contributed by atoms with Gasteiger partial charge < -0.3 is 20.4 Å². The second kappa shape index (κ2) is 10.7. The number of hydrogen-bond donors (Lipinski definition) is 2. The fourth-order valence-corrected chi connectivity index (χ4v) is 4.68. The Morgan fingerprint density at radius 2 is 1.88 bits per heavy atom. The van der Waals surface area contributed by atoms with E-state index < -0.39 is 23.3 Å². The normalized spacial score (nSPS) is 17.4. The molecule has 0 spiro atoms. The lowest BCUT2D eigenvalue weighted by molar-refractivity contribution is -0.136. The summed E-state index contributed by atoms with van der Waals surface area (Å²) in [4.78, 5) is 30.3. The van der Waals surface area contributed by atoms with Crippen molar-refractivity contribution < 1.29 is 31.6 Å². The van der Waals surface area contributed by atoms with E-state index in [4.69, 9.17) is 10.2 Å². The highest BCUT2D eigenvalue weighted by atomic mass is 19.4. The lowest BCUT2D eigenvalue weighted by Crippen LogP contribution is -2.31. The van der Waals surface area contributed by atoms with Crippen molar-refractivity contribution in [2.45, 2.75) is 31.7 Å². The number of rotatable bonds is 6. The number of pyridine rings is 1. The molecule has 0 bridgehead atoms. The average Bonchev–Trinajstić information content (AvgIpc) is 3.52. The number of furan rings is 1. The highest BCUT2D eigenvalue weighted by Crippen LogP contribution is 2.39. The SMILES string of the molecule is CC1(F)CCN(C(=O)c2ccc(-c3cc(C(F)(F)F)c4oc(CNC(=O)/C=C/c5ccc(N)nc5)cc4c3)cc2)C1. The van der Waals surface area contributed by atoms with E-state index in [2.05, 4.69) is 10.3 Å². The number of nitrogen functional groups attached to an aromatic ring is 1. The van der Waals surface area contributed by atoms with E-state index >= 15 is 0 Å². The third-order valence-corrected chi connectivity index (χ3v) is 6.82. The van der Waals surface area contributed by atoms with Crippen molar-refractivity contribution in [2.75, 3.05) is 18.8 Å². The number of alkyl halides is 4. The highest BCUT2D eigenvalue weighted by molar-refractivity contribution is 5.95. The fourth-order valence-electron chi connectivity index (χ4n) is 4.68. The molecule has 2 aromatic carbocycles. The number of likely N-dealkylation sites (tertiary alicyclic amines) is 1. The van der Waals surface area contributed by atoms with Crippen molar-refractivity contribution >= 4 is 34.7 Å². The molecule has 212 valence electrons. The zero-order valence-corrected chi connectivity index (χ0v) is 22.0. The summed E-state index contributed by atoms with van der Waals surface area (Å²) in [7, 11) is 0. The van der Waals surface area contributed by atoms with Crippen LogP contribution < -0.4 is 11.1 Å². The number of nitrogens with one attached hydrogen (secondary N) is 1. The Labute approximate surface area is 232 Å². The molecule has 41 heavy (non-hydrogen) atoms.